The molecule has 3 atom stereocenters. The zero-order valence-electron chi connectivity index (χ0n) is 20.5. The molecule has 0 aliphatic carbocycles. The molecule has 0 aliphatic rings. The second kappa shape index (κ2) is 11.6. The first-order valence-electron chi connectivity index (χ1n) is 12.1. The number of carbonyl (C=O) groups excluding carboxylic acids is 2. The number of para-hydroxylation sites is 3. The van der Waals surface area contributed by atoms with E-state index in [-0.39, 0.29) is 24.3 Å². The van der Waals surface area contributed by atoms with Gasteiger partial charge >= 0.3 is 0 Å². The maximum Gasteiger partial charge on any atom is 0.271 e. The summed E-state index contributed by atoms with van der Waals surface area (Å²) >= 11 is 0. The molecule has 0 spiro atoms. The Morgan fingerprint density at radius 2 is 1.65 bits per heavy atom. The number of aryl methyl sites for hydroxylation is 1. The molecule has 0 radical (unpaired) electrons. The third-order valence-electron chi connectivity index (χ3n) is 6.48. The Bertz CT molecular complexity index is 1390. The summed E-state index contributed by atoms with van der Waals surface area (Å²) in [6, 6.07) is 21.2. The first-order chi connectivity index (χ1) is 17.8. The van der Waals surface area contributed by atoms with Gasteiger partial charge in [-0.2, -0.15) is 0 Å². The third kappa shape index (κ3) is 6.48. The largest absolute Gasteiger partial charge is 0.507 e. The molecular weight excluding hydrogens is 468 g/mol. The minimum Gasteiger partial charge on any atom is -0.507 e. The molecular formula is C29H30N4O4. The van der Waals surface area contributed by atoms with Gasteiger partial charge in [0, 0.05) is 5.92 Å². The second-order valence-corrected chi connectivity index (χ2v) is 9.20. The van der Waals surface area contributed by atoms with E-state index in [1.54, 1.807) is 31.2 Å². The van der Waals surface area contributed by atoms with E-state index in [2.05, 4.69) is 15.3 Å². The van der Waals surface area contributed by atoms with E-state index >= 15 is 0 Å². The molecule has 8 heteroatoms. The average molecular weight is 499 g/mol. The Morgan fingerprint density at radius 3 is 2.38 bits per heavy atom. The molecule has 4 aromatic rings. The maximum atomic E-state index is 13.1. The summed E-state index contributed by atoms with van der Waals surface area (Å²) in [7, 11) is 0. The molecule has 4 rings (SSSR count). The normalized spacial score (nSPS) is 13.6. The molecule has 37 heavy (non-hydrogen) atoms. The lowest BCUT2D eigenvalue weighted by molar-refractivity contribution is -0.122. The molecule has 0 saturated heterocycles. The highest BCUT2D eigenvalue weighted by atomic mass is 16.3. The number of aliphatic hydroxyl groups is 1. The fraction of sp³-hybridized carbons (Fsp3) is 0.241. The summed E-state index contributed by atoms with van der Waals surface area (Å²) in [6.45, 7) is 1.77. The lowest BCUT2D eigenvalue weighted by Crippen LogP contribution is -2.46. The lowest BCUT2D eigenvalue weighted by atomic mass is 9.88. The van der Waals surface area contributed by atoms with E-state index in [0.29, 0.717) is 28.6 Å². The number of nitrogens with zero attached hydrogens (tertiary/aromatic N) is 2. The summed E-state index contributed by atoms with van der Waals surface area (Å²) in [5.41, 5.74) is 9.23. The van der Waals surface area contributed by atoms with Crippen LogP contribution in [0, 0.1) is 12.8 Å². The minimum atomic E-state index is -1.10. The van der Waals surface area contributed by atoms with Crippen molar-refractivity contribution >= 4 is 22.8 Å². The molecule has 0 fully saturated rings. The van der Waals surface area contributed by atoms with Crippen molar-refractivity contribution in [1.82, 2.24) is 15.3 Å². The zero-order chi connectivity index (χ0) is 26.4. The predicted molar refractivity (Wildman–Crippen MR) is 141 cm³/mol. The molecule has 3 unspecified atom stereocenters. The summed E-state index contributed by atoms with van der Waals surface area (Å²) in [5.74, 6) is -1.72. The number of amides is 2. The number of nitrogens with two attached hydrogens (primary N) is 1. The van der Waals surface area contributed by atoms with Crippen molar-refractivity contribution in [3.8, 4) is 5.75 Å². The number of hydrogen-bond acceptors (Lipinski definition) is 6. The molecule has 3 aromatic carbocycles. The molecule has 0 bridgehead atoms. The fourth-order valence-electron chi connectivity index (χ4n) is 4.37. The number of rotatable bonds is 10. The number of nitrogens with one attached hydrogen (secondary N) is 1. The number of aromatic nitrogens is 2. The van der Waals surface area contributed by atoms with Gasteiger partial charge in [-0.1, -0.05) is 60.7 Å². The van der Waals surface area contributed by atoms with Crippen molar-refractivity contribution in [1.29, 1.82) is 0 Å². The molecule has 0 aliphatic heterocycles. The Balaban J connectivity index is 1.55. The standard InChI is InChI=1S/C29H30N4O4/c1-18-8-7-11-20(27(18)35)15-21(28(30)36)16-26(34)24(14-19-9-3-2-4-10-19)33-29(37)25-17-31-22-12-5-6-13-23(22)32-25/h2-13,17,21,24,26,34-35H,14-16H2,1H3,(H2,30,36)(H,33,37). The van der Waals surface area contributed by atoms with Crippen molar-refractivity contribution in [3.63, 3.8) is 0 Å². The molecule has 1 aromatic heterocycles. The Morgan fingerprint density at radius 1 is 0.946 bits per heavy atom. The highest BCUT2D eigenvalue weighted by Crippen LogP contribution is 2.26. The van der Waals surface area contributed by atoms with Crippen LogP contribution in [0.5, 0.6) is 5.75 Å². The highest BCUT2D eigenvalue weighted by molar-refractivity contribution is 5.94. The quantitative estimate of drug-likeness (QED) is 0.265. The van der Waals surface area contributed by atoms with Crippen LogP contribution in [-0.2, 0) is 17.6 Å². The molecule has 5 N–H and O–H groups in total. The number of hydrogen-bond donors (Lipinski definition) is 4. The number of fused-ring (bicyclic) bond motifs is 1. The molecule has 190 valence electrons. The van der Waals surface area contributed by atoms with Gasteiger partial charge in [-0.15, -0.1) is 0 Å². The van der Waals surface area contributed by atoms with Crippen molar-refractivity contribution in [2.75, 3.05) is 0 Å². The highest BCUT2D eigenvalue weighted by Gasteiger charge is 2.29. The summed E-state index contributed by atoms with van der Waals surface area (Å²) in [6.07, 6.45) is 0.806. The van der Waals surface area contributed by atoms with Gasteiger partial charge in [0.25, 0.3) is 5.91 Å². The third-order valence-corrected chi connectivity index (χ3v) is 6.48. The topological polar surface area (TPSA) is 138 Å². The number of phenolic OH excluding ortho intramolecular Hbond substituents is 1. The predicted octanol–water partition coefficient (Wildman–Crippen LogP) is 3.08. The molecule has 1 heterocycles. The van der Waals surface area contributed by atoms with Crippen LogP contribution in [0.15, 0.2) is 79.0 Å². The number of aromatic hydroxyl groups is 1. The van der Waals surface area contributed by atoms with Crippen molar-refractivity contribution in [3.05, 3.63) is 101 Å². The number of aliphatic hydroxyl groups excluding tert-OH is 1. The Labute approximate surface area is 215 Å². The monoisotopic (exact) mass is 498 g/mol. The first kappa shape index (κ1) is 25.8. The van der Waals surface area contributed by atoms with Crippen LogP contribution in [0.25, 0.3) is 11.0 Å². The van der Waals surface area contributed by atoms with Crippen LogP contribution in [-0.4, -0.2) is 44.1 Å². The first-order valence-corrected chi connectivity index (χ1v) is 12.1. The van der Waals surface area contributed by atoms with E-state index in [9.17, 15) is 19.8 Å². The molecule has 8 nitrogen and oxygen atoms in total. The van der Waals surface area contributed by atoms with Gasteiger partial charge < -0.3 is 21.3 Å². The number of benzene rings is 3. The van der Waals surface area contributed by atoms with Crippen LogP contribution in [0.3, 0.4) is 0 Å². The van der Waals surface area contributed by atoms with Crippen LogP contribution >= 0.6 is 0 Å². The van der Waals surface area contributed by atoms with Crippen LogP contribution in [0.1, 0.15) is 33.6 Å². The summed E-state index contributed by atoms with van der Waals surface area (Å²) < 4.78 is 0. The van der Waals surface area contributed by atoms with Gasteiger partial charge in [0.05, 0.1) is 29.4 Å². The van der Waals surface area contributed by atoms with Crippen molar-refractivity contribution in [2.45, 2.75) is 38.3 Å². The van der Waals surface area contributed by atoms with E-state index in [1.807, 2.05) is 48.5 Å². The molecule has 0 saturated carbocycles. The SMILES string of the molecule is Cc1cccc(CC(CC(O)C(Cc2ccccc2)NC(=O)c2cnc3ccccc3n2)C(N)=O)c1O. The number of carbonyl (C=O) groups is 2. The number of phenols is 1. The smallest absolute Gasteiger partial charge is 0.271 e. The van der Waals surface area contributed by atoms with Crippen molar-refractivity contribution in [2.24, 2.45) is 11.7 Å². The maximum absolute atomic E-state index is 13.1. The second-order valence-electron chi connectivity index (χ2n) is 9.20. The fourth-order valence-corrected chi connectivity index (χ4v) is 4.37. The summed E-state index contributed by atoms with van der Waals surface area (Å²) in [5, 5.41) is 24.5. The Hall–Kier alpha value is -4.30. The summed E-state index contributed by atoms with van der Waals surface area (Å²) in [4.78, 5) is 34.1. The number of primary amides is 1. The van der Waals surface area contributed by atoms with E-state index in [1.165, 1.54) is 6.20 Å². The lowest BCUT2D eigenvalue weighted by Gasteiger charge is -2.27. The minimum absolute atomic E-state index is 0.00386. The van der Waals surface area contributed by atoms with Gasteiger partial charge in [0.1, 0.15) is 11.4 Å². The van der Waals surface area contributed by atoms with Gasteiger partial charge in [0.2, 0.25) is 5.91 Å². The van der Waals surface area contributed by atoms with Gasteiger partial charge in [0.15, 0.2) is 0 Å². The zero-order valence-corrected chi connectivity index (χ0v) is 20.5. The van der Waals surface area contributed by atoms with Crippen molar-refractivity contribution < 1.29 is 19.8 Å². The van der Waals surface area contributed by atoms with Crippen LogP contribution in [0.2, 0.25) is 0 Å². The van der Waals surface area contributed by atoms with E-state index in [4.69, 9.17) is 5.73 Å². The Kier molecular flexibility index (Phi) is 8.10. The van der Waals surface area contributed by atoms with Crippen LogP contribution in [0.4, 0.5) is 0 Å². The van der Waals surface area contributed by atoms with Gasteiger partial charge in [-0.05, 0) is 55.0 Å². The van der Waals surface area contributed by atoms with E-state index < -0.39 is 29.9 Å². The average Bonchev–Trinajstić information content (AvgIpc) is 2.90. The van der Waals surface area contributed by atoms with E-state index in [0.717, 1.165) is 5.56 Å². The molecule has 2 amide bonds. The van der Waals surface area contributed by atoms with Gasteiger partial charge in [-0.3, -0.25) is 14.6 Å². The van der Waals surface area contributed by atoms with Gasteiger partial charge in [-0.25, -0.2) is 4.98 Å². The van der Waals surface area contributed by atoms with Crippen LogP contribution < -0.4 is 11.1 Å².